The fourth-order valence-corrected chi connectivity index (χ4v) is 2.60. The minimum atomic E-state index is -0.209. The Kier molecular flexibility index (Phi) is 3.38. The standard InChI is InChI=1S/C13H16ClNO2/c1-8-10-4-5-11(16)9(2)12(10)15(13(8)17)7-3-6-14/h4-5,8-9H,3,6-7H2,1-2H3. The van der Waals surface area contributed by atoms with Crippen LogP contribution in [0.1, 0.15) is 20.3 Å². The molecule has 1 aliphatic carbocycles. The third-order valence-electron chi connectivity index (χ3n) is 3.47. The van der Waals surface area contributed by atoms with Crippen LogP contribution in [0.5, 0.6) is 0 Å². The largest absolute Gasteiger partial charge is 0.315 e. The van der Waals surface area contributed by atoms with Crippen LogP contribution in [0.25, 0.3) is 0 Å². The Morgan fingerprint density at radius 3 is 2.59 bits per heavy atom. The van der Waals surface area contributed by atoms with Gasteiger partial charge in [0.15, 0.2) is 5.78 Å². The summed E-state index contributed by atoms with van der Waals surface area (Å²) in [6, 6.07) is 0. The maximum Gasteiger partial charge on any atom is 0.234 e. The summed E-state index contributed by atoms with van der Waals surface area (Å²) >= 11 is 5.67. The second kappa shape index (κ2) is 4.65. The molecule has 17 heavy (non-hydrogen) atoms. The number of hydrogen-bond donors (Lipinski definition) is 0. The summed E-state index contributed by atoms with van der Waals surface area (Å²) < 4.78 is 0. The predicted octanol–water partition coefficient (Wildman–Crippen LogP) is 2.12. The molecule has 2 atom stereocenters. The van der Waals surface area contributed by atoms with Gasteiger partial charge in [-0.25, -0.2) is 0 Å². The highest BCUT2D eigenvalue weighted by molar-refractivity contribution is 6.17. The number of amides is 1. The van der Waals surface area contributed by atoms with E-state index in [4.69, 9.17) is 11.6 Å². The summed E-state index contributed by atoms with van der Waals surface area (Å²) in [5.41, 5.74) is 1.89. The molecule has 2 aliphatic rings. The Bertz CT molecular complexity index is 425. The average molecular weight is 254 g/mol. The molecule has 0 aromatic rings. The van der Waals surface area contributed by atoms with Crippen LogP contribution >= 0.6 is 11.6 Å². The highest BCUT2D eigenvalue weighted by Gasteiger charge is 2.40. The molecule has 0 bridgehead atoms. The number of nitrogens with zero attached hydrogens (tertiary/aromatic N) is 1. The van der Waals surface area contributed by atoms with Crippen molar-refractivity contribution in [2.75, 3.05) is 12.4 Å². The monoisotopic (exact) mass is 253 g/mol. The van der Waals surface area contributed by atoms with Crippen LogP contribution < -0.4 is 0 Å². The van der Waals surface area contributed by atoms with Crippen molar-refractivity contribution in [2.45, 2.75) is 20.3 Å². The summed E-state index contributed by atoms with van der Waals surface area (Å²) in [7, 11) is 0. The fraction of sp³-hybridized carbons (Fsp3) is 0.538. The van der Waals surface area contributed by atoms with Crippen molar-refractivity contribution in [3.8, 4) is 0 Å². The first kappa shape index (κ1) is 12.4. The van der Waals surface area contributed by atoms with Gasteiger partial charge in [0.25, 0.3) is 0 Å². The van der Waals surface area contributed by atoms with Crippen LogP contribution in [-0.2, 0) is 9.59 Å². The molecule has 2 unspecified atom stereocenters. The Morgan fingerprint density at radius 1 is 1.24 bits per heavy atom. The SMILES string of the molecule is CC1C(=O)N(CCCCl)C2=C1C=CC(=O)C2C. The molecule has 4 heteroatoms. The van der Waals surface area contributed by atoms with Crippen LogP contribution in [0.3, 0.4) is 0 Å². The minimum Gasteiger partial charge on any atom is -0.315 e. The van der Waals surface area contributed by atoms with Crippen molar-refractivity contribution in [1.82, 2.24) is 4.90 Å². The van der Waals surface area contributed by atoms with E-state index in [1.165, 1.54) is 0 Å². The van der Waals surface area contributed by atoms with Gasteiger partial charge in [-0.05, 0) is 31.9 Å². The first-order valence-corrected chi connectivity index (χ1v) is 6.44. The first-order valence-electron chi connectivity index (χ1n) is 5.91. The van der Waals surface area contributed by atoms with Gasteiger partial charge in [-0.3, -0.25) is 9.59 Å². The molecule has 3 nitrogen and oxygen atoms in total. The highest BCUT2D eigenvalue weighted by Crippen LogP contribution is 2.37. The first-order chi connectivity index (χ1) is 8.07. The van der Waals surface area contributed by atoms with E-state index >= 15 is 0 Å². The molecule has 0 saturated carbocycles. The van der Waals surface area contributed by atoms with Crippen LogP contribution in [0.15, 0.2) is 23.4 Å². The van der Waals surface area contributed by atoms with E-state index < -0.39 is 0 Å². The lowest BCUT2D eigenvalue weighted by Crippen LogP contribution is -2.33. The second-order valence-electron chi connectivity index (χ2n) is 4.55. The van der Waals surface area contributed by atoms with Crippen LogP contribution in [-0.4, -0.2) is 29.0 Å². The maximum absolute atomic E-state index is 12.1. The number of carbonyl (C=O) groups is 2. The van der Waals surface area contributed by atoms with E-state index in [2.05, 4.69) is 0 Å². The summed E-state index contributed by atoms with van der Waals surface area (Å²) in [6.45, 7) is 4.36. The van der Waals surface area contributed by atoms with Gasteiger partial charge in [0.2, 0.25) is 5.91 Å². The fourth-order valence-electron chi connectivity index (χ4n) is 2.48. The highest BCUT2D eigenvalue weighted by atomic mass is 35.5. The quantitative estimate of drug-likeness (QED) is 0.723. The third kappa shape index (κ3) is 1.93. The van der Waals surface area contributed by atoms with Gasteiger partial charge in [-0.15, -0.1) is 11.6 Å². The van der Waals surface area contributed by atoms with E-state index in [0.29, 0.717) is 12.4 Å². The van der Waals surface area contributed by atoms with Crippen molar-refractivity contribution in [3.05, 3.63) is 23.4 Å². The Morgan fingerprint density at radius 2 is 1.94 bits per heavy atom. The molecular weight excluding hydrogens is 238 g/mol. The van der Waals surface area contributed by atoms with Crippen LogP contribution in [0.4, 0.5) is 0 Å². The molecule has 0 fully saturated rings. The van der Waals surface area contributed by atoms with Crippen molar-refractivity contribution in [3.63, 3.8) is 0 Å². The zero-order valence-corrected chi connectivity index (χ0v) is 10.8. The molecule has 0 aromatic heterocycles. The Hall–Kier alpha value is -1.09. The molecule has 2 rings (SSSR count). The number of hydrogen-bond acceptors (Lipinski definition) is 2. The van der Waals surface area contributed by atoms with E-state index in [-0.39, 0.29) is 23.5 Å². The molecule has 0 aromatic carbocycles. The lowest BCUT2D eigenvalue weighted by Gasteiger charge is -2.25. The number of alkyl halides is 1. The number of rotatable bonds is 3. The van der Waals surface area contributed by atoms with Crippen LogP contribution in [0, 0.1) is 11.8 Å². The predicted molar refractivity (Wildman–Crippen MR) is 66.6 cm³/mol. The maximum atomic E-state index is 12.1. The summed E-state index contributed by atoms with van der Waals surface area (Å²) in [5.74, 6) is 0.345. The van der Waals surface area contributed by atoms with Gasteiger partial charge in [0.1, 0.15) is 0 Å². The minimum absolute atomic E-state index is 0.0709. The Labute approximate surface area is 106 Å². The van der Waals surface area contributed by atoms with Gasteiger partial charge in [0, 0.05) is 18.1 Å². The molecule has 92 valence electrons. The second-order valence-corrected chi connectivity index (χ2v) is 4.93. The third-order valence-corrected chi connectivity index (χ3v) is 3.74. The smallest absolute Gasteiger partial charge is 0.234 e. The van der Waals surface area contributed by atoms with Crippen LogP contribution in [0.2, 0.25) is 0 Å². The van der Waals surface area contributed by atoms with Crippen molar-refractivity contribution in [2.24, 2.45) is 11.8 Å². The summed E-state index contributed by atoms with van der Waals surface area (Å²) in [5, 5.41) is 0. The van der Waals surface area contributed by atoms with E-state index in [1.807, 2.05) is 13.8 Å². The summed E-state index contributed by atoms with van der Waals surface area (Å²) in [4.78, 5) is 25.6. The van der Waals surface area contributed by atoms with E-state index in [1.54, 1.807) is 17.1 Å². The van der Waals surface area contributed by atoms with Gasteiger partial charge in [0.05, 0.1) is 11.8 Å². The van der Waals surface area contributed by atoms with Gasteiger partial charge >= 0.3 is 0 Å². The zero-order chi connectivity index (χ0) is 12.6. The number of ketones is 1. The molecule has 1 amide bonds. The molecule has 0 radical (unpaired) electrons. The lowest BCUT2D eigenvalue weighted by molar-refractivity contribution is -0.130. The average Bonchev–Trinajstić information content (AvgIpc) is 2.56. The molecule has 0 spiro atoms. The number of halogens is 1. The molecular formula is C13H16ClNO2. The van der Waals surface area contributed by atoms with Gasteiger partial charge in [-0.2, -0.15) is 0 Å². The number of allylic oxidation sites excluding steroid dienone is 3. The molecule has 0 N–H and O–H groups in total. The molecule has 1 heterocycles. The van der Waals surface area contributed by atoms with Crippen molar-refractivity contribution < 1.29 is 9.59 Å². The normalized spacial score (nSPS) is 28.1. The zero-order valence-electron chi connectivity index (χ0n) is 10.1. The van der Waals surface area contributed by atoms with Crippen molar-refractivity contribution >= 4 is 23.3 Å². The summed E-state index contributed by atoms with van der Waals surface area (Å²) in [6.07, 6.45) is 4.13. The van der Waals surface area contributed by atoms with Gasteiger partial charge in [-0.1, -0.05) is 6.08 Å². The lowest BCUT2D eigenvalue weighted by atomic mass is 9.90. The van der Waals surface area contributed by atoms with E-state index in [0.717, 1.165) is 17.7 Å². The molecule has 0 saturated heterocycles. The topological polar surface area (TPSA) is 37.4 Å². The van der Waals surface area contributed by atoms with Gasteiger partial charge < -0.3 is 4.90 Å². The van der Waals surface area contributed by atoms with E-state index in [9.17, 15) is 9.59 Å². The molecule has 1 aliphatic heterocycles. The number of carbonyl (C=O) groups excluding carboxylic acids is 2. The van der Waals surface area contributed by atoms with Crippen molar-refractivity contribution in [1.29, 1.82) is 0 Å². The Balaban J connectivity index is 2.34.